The molecule has 0 aliphatic heterocycles. The van der Waals surface area contributed by atoms with Crippen LogP contribution in [0.5, 0.6) is 5.75 Å². The van der Waals surface area contributed by atoms with Gasteiger partial charge >= 0.3 is 0 Å². The molecule has 0 aliphatic carbocycles. The third-order valence-electron chi connectivity index (χ3n) is 4.28. The number of likely N-dealkylation sites (N-methyl/N-ethyl adjacent to an activating group) is 1. The molecule has 4 heteroatoms. The first kappa shape index (κ1) is 22.5. The Balaban J connectivity index is 2.98. The van der Waals surface area contributed by atoms with Crippen molar-refractivity contribution >= 4 is 11.6 Å². The molecule has 0 aromatic heterocycles. The minimum atomic E-state index is -0.181. The molecule has 0 atom stereocenters. The third-order valence-corrected chi connectivity index (χ3v) is 4.28. The van der Waals surface area contributed by atoms with Gasteiger partial charge in [0, 0.05) is 17.8 Å². The Labute approximate surface area is 163 Å². The molecule has 1 aromatic carbocycles. The second-order valence-electron chi connectivity index (χ2n) is 6.54. The predicted octanol–water partition coefficient (Wildman–Crippen LogP) is 4.98. The van der Waals surface area contributed by atoms with Crippen LogP contribution in [-0.2, 0) is 4.79 Å². The van der Waals surface area contributed by atoms with Crippen LogP contribution >= 0.6 is 0 Å². The Morgan fingerprint density at radius 1 is 1.26 bits per heavy atom. The van der Waals surface area contributed by atoms with Gasteiger partial charge in [0.15, 0.2) is 0 Å². The zero-order valence-corrected chi connectivity index (χ0v) is 17.3. The number of nitrogens with zero attached hydrogens (tertiary/aromatic N) is 1. The molecule has 0 fully saturated rings. The highest BCUT2D eigenvalue weighted by Gasteiger charge is 2.17. The van der Waals surface area contributed by atoms with E-state index in [0.717, 1.165) is 29.9 Å². The van der Waals surface area contributed by atoms with Crippen LogP contribution in [0, 0.1) is 0 Å². The molecule has 0 saturated carbocycles. The van der Waals surface area contributed by atoms with E-state index in [9.17, 15) is 4.79 Å². The van der Waals surface area contributed by atoms with Crippen LogP contribution in [0.15, 0.2) is 71.9 Å². The molecule has 1 aromatic rings. The summed E-state index contributed by atoms with van der Waals surface area (Å²) in [5.41, 5.74) is 3.95. The van der Waals surface area contributed by atoms with E-state index < -0.39 is 0 Å². The summed E-state index contributed by atoms with van der Waals surface area (Å²) >= 11 is 0. The first-order valence-electron chi connectivity index (χ1n) is 9.21. The minimum absolute atomic E-state index is 0.181. The first-order chi connectivity index (χ1) is 12.8. The van der Waals surface area contributed by atoms with Crippen LogP contribution in [0.4, 0.5) is 5.69 Å². The van der Waals surface area contributed by atoms with Gasteiger partial charge in [-0.3, -0.25) is 4.79 Å². The maximum Gasteiger partial charge on any atom is 0.256 e. The monoisotopic (exact) mass is 368 g/mol. The first-order valence-corrected chi connectivity index (χ1v) is 9.21. The van der Waals surface area contributed by atoms with Gasteiger partial charge in [0.25, 0.3) is 5.91 Å². The van der Waals surface area contributed by atoms with Crippen molar-refractivity contribution in [2.24, 2.45) is 0 Å². The van der Waals surface area contributed by atoms with Gasteiger partial charge in [-0.25, -0.2) is 0 Å². The quantitative estimate of drug-likeness (QED) is 0.468. The second kappa shape index (κ2) is 11.2. The van der Waals surface area contributed by atoms with E-state index in [-0.39, 0.29) is 5.91 Å². The molecular weight excluding hydrogens is 336 g/mol. The van der Waals surface area contributed by atoms with Gasteiger partial charge in [-0.15, -0.1) is 0 Å². The molecular formula is C23H32N2O2. The highest BCUT2D eigenvalue weighted by Crippen LogP contribution is 2.25. The normalized spacial score (nSPS) is 12.4. The highest BCUT2D eigenvalue weighted by atomic mass is 16.5. The van der Waals surface area contributed by atoms with Crippen molar-refractivity contribution in [3.05, 3.63) is 71.9 Å². The maximum absolute atomic E-state index is 12.9. The summed E-state index contributed by atoms with van der Waals surface area (Å²) in [5.74, 6) is 0.597. The summed E-state index contributed by atoms with van der Waals surface area (Å²) < 4.78 is 5.68. The van der Waals surface area contributed by atoms with Gasteiger partial charge < -0.3 is 15.0 Å². The molecule has 146 valence electrons. The average Bonchev–Trinajstić information content (AvgIpc) is 2.65. The van der Waals surface area contributed by atoms with Crippen molar-refractivity contribution in [3.63, 3.8) is 0 Å². The van der Waals surface area contributed by atoms with Crippen LogP contribution in [-0.4, -0.2) is 38.1 Å². The largest absolute Gasteiger partial charge is 0.492 e. The van der Waals surface area contributed by atoms with E-state index in [4.69, 9.17) is 4.74 Å². The number of anilines is 1. The molecule has 0 saturated heterocycles. The number of hydrogen-bond acceptors (Lipinski definition) is 3. The molecule has 0 bridgehead atoms. The SMILES string of the molecule is C=CC(=C)/C(C(=O)Nc1ccc(OCCN(C)C)cc1)=C(CC)\C(C)=C\C. The molecule has 4 nitrogen and oxygen atoms in total. The Hall–Kier alpha value is -2.59. The fourth-order valence-electron chi connectivity index (χ4n) is 2.58. The number of amides is 1. The lowest BCUT2D eigenvalue weighted by atomic mass is 9.93. The van der Waals surface area contributed by atoms with Crippen LogP contribution in [0.1, 0.15) is 27.2 Å². The van der Waals surface area contributed by atoms with Crippen molar-refractivity contribution in [2.45, 2.75) is 27.2 Å². The molecule has 0 heterocycles. The molecule has 0 unspecified atom stereocenters. The number of carbonyl (C=O) groups is 1. The van der Waals surface area contributed by atoms with Crippen molar-refractivity contribution in [1.82, 2.24) is 4.90 Å². The fraction of sp³-hybridized carbons (Fsp3) is 0.348. The van der Waals surface area contributed by atoms with Gasteiger partial charge in [-0.2, -0.15) is 0 Å². The summed E-state index contributed by atoms with van der Waals surface area (Å²) in [7, 11) is 4.01. The molecule has 0 aliphatic rings. The standard InChI is InChI=1S/C23H32N2O2/c1-8-17(4)21(10-3)22(18(5)9-2)23(26)24-19-11-13-20(14-12-19)27-16-15-25(6)7/h8-9,11-14H,2,5,10,15-16H2,1,3-4,6-7H3,(H,24,26)/b17-8+,22-21+. The third kappa shape index (κ3) is 6.91. The number of nitrogens with one attached hydrogen (secondary N) is 1. The van der Waals surface area contributed by atoms with Crippen LogP contribution < -0.4 is 10.1 Å². The van der Waals surface area contributed by atoms with Crippen molar-refractivity contribution in [1.29, 1.82) is 0 Å². The number of ether oxygens (including phenoxy) is 1. The molecule has 27 heavy (non-hydrogen) atoms. The number of hydrogen-bond donors (Lipinski definition) is 1. The van der Waals surface area contributed by atoms with Crippen molar-refractivity contribution in [2.75, 3.05) is 32.6 Å². The number of carbonyl (C=O) groups excluding carboxylic acids is 1. The lowest BCUT2D eigenvalue weighted by Crippen LogP contribution is -2.19. The summed E-state index contributed by atoms with van der Waals surface area (Å²) in [6, 6.07) is 7.39. The Kier molecular flexibility index (Phi) is 9.31. The van der Waals surface area contributed by atoms with Crippen molar-refractivity contribution in [3.8, 4) is 5.75 Å². The summed E-state index contributed by atoms with van der Waals surface area (Å²) in [6.45, 7) is 15.2. The van der Waals surface area contributed by atoms with Gasteiger partial charge in [0.05, 0.1) is 0 Å². The number of allylic oxidation sites excluding steroid dienone is 4. The second-order valence-corrected chi connectivity index (χ2v) is 6.54. The van der Waals surface area contributed by atoms with Crippen LogP contribution in [0.25, 0.3) is 0 Å². The predicted molar refractivity (Wildman–Crippen MR) is 115 cm³/mol. The lowest BCUT2D eigenvalue weighted by Gasteiger charge is -2.16. The van der Waals surface area contributed by atoms with Gasteiger partial charge in [-0.05, 0) is 69.8 Å². The zero-order chi connectivity index (χ0) is 20.4. The zero-order valence-electron chi connectivity index (χ0n) is 17.3. The molecule has 1 N–H and O–H groups in total. The minimum Gasteiger partial charge on any atom is -0.492 e. The number of rotatable bonds is 10. The lowest BCUT2D eigenvalue weighted by molar-refractivity contribution is -0.112. The Bertz CT molecular complexity index is 725. The summed E-state index contributed by atoms with van der Waals surface area (Å²) in [6.07, 6.45) is 4.36. The van der Waals surface area contributed by atoms with Gasteiger partial charge in [0.1, 0.15) is 12.4 Å². The topological polar surface area (TPSA) is 41.6 Å². The Morgan fingerprint density at radius 3 is 2.37 bits per heavy atom. The highest BCUT2D eigenvalue weighted by molar-refractivity contribution is 6.08. The average molecular weight is 369 g/mol. The molecule has 1 rings (SSSR count). The Morgan fingerprint density at radius 2 is 1.89 bits per heavy atom. The molecule has 1 amide bonds. The smallest absolute Gasteiger partial charge is 0.256 e. The van der Waals surface area contributed by atoms with Crippen molar-refractivity contribution < 1.29 is 9.53 Å². The fourth-order valence-corrected chi connectivity index (χ4v) is 2.58. The summed E-state index contributed by atoms with van der Waals surface area (Å²) in [5, 5.41) is 2.96. The number of benzene rings is 1. The van der Waals surface area contributed by atoms with E-state index in [1.807, 2.05) is 65.2 Å². The van der Waals surface area contributed by atoms with E-state index in [2.05, 4.69) is 23.4 Å². The van der Waals surface area contributed by atoms with E-state index in [1.165, 1.54) is 0 Å². The van der Waals surface area contributed by atoms with Gasteiger partial charge in [0.2, 0.25) is 0 Å². The van der Waals surface area contributed by atoms with E-state index >= 15 is 0 Å². The maximum atomic E-state index is 12.9. The van der Waals surface area contributed by atoms with Crippen LogP contribution in [0.3, 0.4) is 0 Å². The van der Waals surface area contributed by atoms with E-state index in [0.29, 0.717) is 23.4 Å². The molecule has 0 radical (unpaired) electrons. The van der Waals surface area contributed by atoms with Crippen LogP contribution in [0.2, 0.25) is 0 Å². The summed E-state index contributed by atoms with van der Waals surface area (Å²) in [4.78, 5) is 15.0. The van der Waals surface area contributed by atoms with E-state index in [1.54, 1.807) is 6.08 Å². The molecule has 0 spiro atoms. The van der Waals surface area contributed by atoms with Gasteiger partial charge in [-0.1, -0.05) is 37.8 Å².